The van der Waals surface area contributed by atoms with Gasteiger partial charge in [0.2, 0.25) is 0 Å². The van der Waals surface area contributed by atoms with E-state index in [0.29, 0.717) is 5.41 Å². The minimum Gasteiger partial charge on any atom is -0.339 e. The van der Waals surface area contributed by atoms with Crippen LogP contribution in [0.25, 0.3) is 0 Å². The van der Waals surface area contributed by atoms with Crippen molar-refractivity contribution in [2.45, 2.75) is 25.7 Å². The van der Waals surface area contributed by atoms with Gasteiger partial charge in [0.25, 0.3) is 5.91 Å². The van der Waals surface area contributed by atoms with E-state index in [1.807, 2.05) is 0 Å². The molecule has 0 radical (unpaired) electrons. The monoisotopic (exact) mass is 268 g/mol. The van der Waals surface area contributed by atoms with Crippen LogP contribution in [0.3, 0.4) is 0 Å². The van der Waals surface area contributed by atoms with Crippen LogP contribution < -0.4 is 0 Å². The van der Waals surface area contributed by atoms with Gasteiger partial charge in [-0.25, -0.2) is 9.37 Å². The first-order chi connectivity index (χ1) is 8.60. The first kappa shape index (κ1) is 11.9. The summed E-state index contributed by atoms with van der Waals surface area (Å²) in [5.41, 5.74) is 0.809. The van der Waals surface area contributed by atoms with Crippen LogP contribution in [0.4, 0.5) is 4.39 Å². The second kappa shape index (κ2) is 4.19. The van der Waals surface area contributed by atoms with Crippen molar-refractivity contribution in [2.24, 2.45) is 5.41 Å². The maximum absolute atomic E-state index is 13.3. The summed E-state index contributed by atoms with van der Waals surface area (Å²) in [7, 11) is 0. The third-order valence-electron chi connectivity index (χ3n) is 4.11. The molecule has 96 valence electrons. The molecule has 2 aliphatic rings. The zero-order chi connectivity index (χ0) is 12.8. The molecule has 18 heavy (non-hydrogen) atoms. The summed E-state index contributed by atoms with van der Waals surface area (Å²) in [6, 6.07) is 1.17. The number of nitrogens with zero attached hydrogens (tertiary/aromatic N) is 2. The Labute approximate surface area is 110 Å². The quantitative estimate of drug-likeness (QED) is 0.734. The van der Waals surface area contributed by atoms with Crippen LogP contribution >= 0.6 is 11.6 Å². The van der Waals surface area contributed by atoms with Crippen molar-refractivity contribution >= 4 is 17.5 Å². The predicted octanol–water partition coefficient (Wildman–Crippen LogP) is 2.89. The molecule has 1 aliphatic heterocycles. The summed E-state index contributed by atoms with van der Waals surface area (Å²) in [6.07, 6.45) is 6.08. The Morgan fingerprint density at radius 3 is 2.56 bits per heavy atom. The average Bonchev–Trinajstić information content (AvgIpc) is 3.12. The van der Waals surface area contributed by atoms with Gasteiger partial charge in [0.15, 0.2) is 11.0 Å². The smallest absolute Gasteiger partial charge is 0.255 e. The molecule has 0 atom stereocenters. The molecule has 0 unspecified atom stereocenters. The number of carbonyl (C=O) groups excluding carboxylic acids is 1. The summed E-state index contributed by atoms with van der Waals surface area (Å²) < 4.78 is 13.3. The molecule has 1 spiro atoms. The van der Waals surface area contributed by atoms with Crippen molar-refractivity contribution in [3.8, 4) is 0 Å². The number of amides is 1. The van der Waals surface area contributed by atoms with Crippen LogP contribution in [-0.4, -0.2) is 28.9 Å². The van der Waals surface area contributed by atoms with Gasteiger partial charge in [-0.2, -0.15) is 0 Å². The van der Waals surface area contributed by atoms with Crippen LogP contribution in [0, 0.1) is 11.2 Å². The van der Waals surface area contributed by atoms with Crippen molar-refractivity contribution in [3.63, 3.8) is 0 Å². The molecule has 3 nitrogen and oxygen atoms in total. The van der Waals surface area contributed by atoms with E-state index in [1.54, 1.807) is 4.90 Å². The standard InChI is InChI=1S/C13H14ClFN2O/c14-11-10(15)7-9(8-16-11)12(18)17-5-3-13(1-2-13)4-6-17/h7-8H,1-6H2. The maximum atomic E-state index is 13.3. The van der Waals surface area contributed by atoms with Gasteiger partial charge in [0.05, 0.1) is 5.56 Å². The highest BCUT2D eigenvalue weighted by Gasteiger charge is 2.45. The van der Waals surface area contributed by atoms with Crippen LogP contribution in [0.2, 0.25) is 5.15 Å². The molecule has 0 bridgehead atoms. The molecule has 0 aromatic carbocycles. The zero-order valence-electron chi connectivity index (χ0n) is 9.96. The number of hydrogen-bond acceptors (Lipinski definition) is 2. The van der Waals surface area contributed by atoms with E-state index < -0.39 is 5.82 Å². The third kappa shape index (κ3) is 2.09. The molecule has 2 fully saturated rings. The van der Waals surface area contributed by atoms with Crippen LogP contribution in [0.15, 0.2) is 12.3 Å². The fourth-order valence-electron chi connectivity index (χ4n) is 2.58. The lowest BCUT2D eigenvalue weighted by molar-refractivity contribution is 0.0677. The number of likely N-dealkylation sites (tertiary alicyclic amines) is 1. The van der Waals surface area contributed by atoms with Crippen molar-refractivity contribution in [3.05, 3.63) is 28.8 Å². The zero-order valence-corrected chi connectivity index (χ0v) is 10.7. The Bertz CT molecular complexity index is 492. The van der Waals surface area contributed by atoms with Crippen LogP contribution in [0.5, 0.6) is 0 Å². The van der Waals surface area contributed by atoms with E-state index in [1.165, 1.54) is 25.1 Å². The van der Waals surface area contributed by atoms with E-state index in [9.17, 15) is 9.18 Å². The van der Waals surface area contributed by atoms with Crippen LogP contribution in [-0.2, 0) is 0 Å². The number of pyridine rings is 1. The predicted molar refractivity (Wildman–Crippen MR) is 66.0 cm³/mol. The van der Waals surface area contributed by atoms with Crippen molar-refractivity contribution in [1.82, 2.24) is 9.88 Å². The number of halogens is 2. The highest BCUT2D eigenvalue weighted by molar-refractivity contribution is 6.29. The summed E-state index contributed by atoms with van der Waals surface area (Å²) in [4.78, 5) is 17.6. The Balaban J connectivity index is 1.72. The van der Waals surface area contributed by atoms with Crippen molar-refractivity contribution in [1.29, 1.82) is 0 Å². The average molecular weight is 269 g/mol. The molecule has 0 N–H and O–H groups in total. The van der Waals surface area contributed by atoms with Gasteiger partial charge in [0.1, 0.15) is 0 Å². The molecule has 2 heterocycles. The van der Waals surface area contributed by atoms with Gasteiger partial charge < -0.3 is 4.90 Å². The van der Waals surface area contributed by atoms with Crippen LogP contribution in [0.1, 0.15) is 36.0 Å². The Morgan fingerprint density at radius 2 is 2.00 bits per heavy atom. The molecule has 1 amide bonds. The fourth-order valence-corrected chi connectivity index (χ4v) is 2.69. The van der Waals surface area contributed by atoms with E-state index in [0.717, 1.165) is 25.9 Å². The molecule has 1 saturated carbocycles. The van der Waals surface area contributed by atoms with Gasteiger partial charge in [-0.3, -0.25) is 4.79 Å². The lowest BCUT2D eigenvalue weighted by atomic mass is 9.93. The minimum atomic E-state index is -0.641. The summed E-state index contributed by atoms with van der Waals surface area (Å²) in [5.74, 6) is -0.785. The molecule has 1 aliphatic carbocycles. The molecule has 5 heteroatoms. The summed E-state index contributed by atoms with van der Waals surface area (Å²) in [6.45, 7) is 1.53. The minimum absolute atomic E-state index is 0.145. The third-order valence-corrected chi connectivity index (χ3v) is 4.39. The highest BCUT2D eigenvalue weighted by Crippen LogP contribution is 2.53. The SMILES string of the molecule is O=C(c1cnc(Cl)c(F)c1)N1CCC2(CC1)CC2. The van der Waals surface area contributed by atoms with Gasteiger partial charge in [-0.15, -0.1) is 0 Å². The van der Waals surface area contributed by atoms with Crippen molar-refractivity contribution < 1.29 is 9.18 Å². The molecule has 1 aromatic heterocycles. The fraction of sp³-hybridized carbons (Fsp3) is 0.538. The first-order valence-electron chi connectivity index (χ1n) is 6.20. The van der Waals surface area contributed by atoms with E-state index in [2.05, 4.69) is 4.98 Å². The second-order valence-corrected chi connectivity index (χ2v) is 5.65. The lowest BCUT2D eigenvalue weighted by Crippen LogP contribution is -2.39. The van der Waals surface area contributed by atoms with E-state index in [4.69, 9.17) is 11.6 Å². The summed E-state index contributed by atoms with van der Waals surface area (Å²) in [5, 5.41) is -0.192. The Hall–Kier alpha value is -1.16. The number of rotatable bonds is 1. The molecule has 1 aromatic rings. The molecular formula is C13H14ClFN2O. The maximum Gasteiger partial charge on any atom is 0.255 e. The molecule has 3 rings (SSSR count). The second-order valence-electron chi connectivity index (χ2n) is 5.29. The number of aromatic nitrogens is 1. The van der Waals surface area contributed by atoms with Gasteiger partial charge in [0, 0.05) is 19.3 Å². The largest absolute Gasteiger partial charge is 0.339 e. The van der Waals surface area contributed by atoms with E-state index in [-0.39, 0.29) is 16.6 Å². The summed E-state index contributed by atoms with van der Waals surface area (Å²) >= 11 is 5.51. The van der Waals surface area contributed by atoms with Gasteiger partial charge in [-0.1, -0.05) is 11.6 Å². The molecule has 1 saturated heterocycles. The number of carbonyl (C=O) groups is 1. The van der Waals surface area contributed by atoms with Crippen molar-refractivity contribution in [2.75, 3.05) is 13.1 Å². The normalized spacial score (nSPS) is 21.1. The topological polar surface area (TPSA) is 33.2 Å². The first-order valence-corrected chi connectivity index (χ1v) is 6.58. The Morgan fingerprint density at radius 1 is 1.33 bits per heavy atom. The molecular weight excluding hydrogens is 255 g/mol. The van der Waals surface area contributed by atoms with E-state index >= 15 is 0 Å². The number of piperidine rings is 1. The number of hydrogen-bond donors (Lipinski definition) is 0. The Kier molecular flexibility index (Phi) is 2.77. The lowest BCUT2D eigenvalue weighted by Gasteiger charge is -2.32. The van der Waals surface area contributed by atoms with Gasteiger partial charge >= 0.3 is 0 Å². The van der Waals surface area contributed by atoms with Gasteiger partial charge in [-0.05, 0) is 37.2 Å². The highest BCUT2D eigenvalue weighted by atomic mass is 35.5.